The molecule has 0 bridgehead atoms. The Morgan fingerprint density at radius 3 is 2.66 bits per heavy atom. The maximum Gasteiger partial charge on any atom is 0.262 e. The highest BCUT2D eigenvalue weighted by molar-refractivity contribution is 7.99. The van der Waals surface area contributed by atoms with Crippen LogP contribution in [0.4, 0.5) is 0 Å². The van der Waals surface area contributed by atoms with E-state index < -0.39 is 0 Å². The van der Waals surface area contributed by atoms with Crippen LogP contribution in [0.3, 0.4) is 0 Å². The number of fused-ring (bicyclic) bond motifs is 1. The van der Waals surface area contributed by atoms with E-state index in [2.05, 4.69) is 13.8 Å². The Hall–Kier alpha value is -1.82. The number of thioether (sulfide) groups is 1. The van der Waals surface area contributed by atoms with E-state index in [1.807, 2.05) is 33.7 Å². The first-order chi connectivity index (χ1) is 14.1. The van der Waals surface area contributed by atoms with Crippen molar-refractivity contribution < 1.29 is 4.79 Å². The molecule has 2 aliphatic rings. The van der Waals surface area contributed by atoms with Crippen LogP contribution in [0, 0.1) is 11.8 Å². The molecule has 1 amide bonds. The fraction of sp³-hybridized carbons (Fsp3) is 0.609. The van der Waals surface area contributed by atoms with Gasteiger partial charge in [0.2, 0.25) is 5.91 Å². The molecule has 2 heterocycles. The second kappa shape index (κ2) is 8.90. The topological polar surface area (TPSA) is 55.2 Å². The van der Waals surface area contributed by atoms with Crippen LogP contribution in [0.2, 0.25) is 0 Å². The summed E-state index contributed by atoms with van der Waals surface area (Å²) >= 11 is 1.44. The highest BCUT2D eigenvalue weighted by atomic mass is 32.2. The van der Waals surface area contributed by atoms with Gasteiger partial charge in [0, 0.05) is 19.1 Å². The van der Waals surface area contributed by atoms with Crippen LogP contribution < -0.4 is 5.56 Å². The molecule has 0 radical (unpaired) electrons. The van der Waals surface area contributed by atoms with Crippen molar-refractivity contribution in [3.63, 3.8) is 0 Å². The van der Waals surface area contributed by atoms with Crippen molar-refractivity contribution in [1.82, 2.24) is 14.5 Å². The predicted molar refractivity (Wildman–Crippen MR) is 118 cm³/mol. The number of hydrogen-bond donors (Lipinski definition) is 0. The quantitative estimate of drug-likeness (QED) is 0.547. The number of likely N-dealkylation sites (tertiary alicyclic amines) is 1. The van der Waals surface area contributed by atoms with Gasteiger partial charge in [-0.2, -0.15) is 0 Å². The number of nitrogens with zero attached hydrogens (tertiary/aromatic N) is 3. The number of carbonyl (C=O) groups excluding carboxylic acids is 1. The Balaban J connectivity index is 1.67. The van der Waals surface area contributed by atoms with Crippen molar-refractivity contribution in [3.8, 4) is 0 Å². The standard InChI is InChI=1S/C23H31N3O2S/c1-16-9-8-12-20(17(16)2)26-22(28)18-10-4-5-11-19(18)24-23(26)29-15-21(27)25-13-6-3-7-14-25/h4-5,10-11,16-17,20H,3,6-9,12-15H2,1-2H3/t16-,17+,20+/m0/s1. The molecule has 4 rings (SSSR count). The zero-order valence-corrected chi connectivity index (χ0v) is 18.3. The van der Waals surface area contributed by atoms with E-state index in [4.69, 9.17) is 4.98 Å². The number of amides is 1. The summed E-state index contributed by atoms with van der Waals surface area (Å²) in [6, 6.07) is 7.72. The lowest BCUT2D eigenvalue weighted by molar-refractivity contribution is -0.129. The monoisotopic (exact) mass is 413 g/mol. The number of benzene rings is 1. The molecule has 6 heteroatoms. The van der Waals surface area contributed by atoms with Crippen LogP contribution in [0.15, 0.2) is 34.2 Å². The van der Waals surface area contributed by atoms with Gasteiger partial charge in [-0.05, 0) is 49.7 Å². The molecule has 1 saturated carbocycles. The maximum absolute atomic E-state index is 13.5. The number of hydrogen-bond acceptors (Lipinski definition) is 4. The second-order valence-electron chi connectivity index (χ2n) is 8.65. The molecule has 2 aromatic rings. The van der Waals surface area contributed by atoms with Crippen LogP contribution in [-0.4, -0.2) is 39.2 Å². The molecule has 5 nitrogen and oxygen atoms in total. The molecular weight excluding hydrogens is 382 g/mol. The van der Waals surface area contributed by atoms with Gasteiger partial charge < -0.3 is 4.90 Å². The molecule has 1 aliphatic heterocycles. The van der Waals surface area contributed by atoms with E-state index in [1.165, 1.54) is 24.6 Å². The van der Waals surface area contributed by atoms with Gasteiger partial charge in [0.25, 0.3) is 5.56 Å². The fourth-order valence-corrected chi connectivity index (χ4v) is 5.75. The number of carbonyl (C=O) groups is 1. The zero-order valence-electron chi connectivity index (χ0n) is 17.5. The van der Waals surface area contributed by atoms with E-state index in [0.717, 1.165) is 44.3 Å². The molecule has 0 unspecified atom stereocenters. The first-order valence-electron chi connectivity index (χ1n) is 11.0. The van der Waals surface area contributed by atoms with Crippen molar-refractivity contribution in [2.75, 3.05) is 18.8 Å². The summed E-state index contributed by atoms with van der Waals surface area (Å²) in [7, 11) is 0. The van der Waals surface area contributed by atoms with Gasteiger partial charge in [-0.1, -0.05) is 50.6 Å². The first-order valence-corrected chi connectivity index (χ1v) is 12.0. The van der Waals surface area contributed by atoms with Crippen molar-refractivity contribution in [2.45, 2.75) is 63.6 Å². The molecule has 2 fully saturated rings. The lowest BCUT2D eigenvalue weighted by atomic mass is 9.78. The molecule has 1 aromatic carbocycles. The molecular formula is C23H31N3O2S. The Morgan fingerprint density at radius 1 is 1.10 bits per heavy atom. The predicted octanol–water partition coefficient (Wildman–Crippen LogP) is 4.50. The Bertz CT molecular complexity index is 935. The average Bonchev–Trinajstić information content (AvgIpc) is 2.75. The van der Waals surface area contributed by atoms with Gasteiger partial charge in [-0.25, -0.2) is 4.98 Å². The molecule has 0 spiro atoms. The summed E-state index contributed by atoms with van der Waals surface area (Å²) in [6.07, 6.45) is 6.73. The van der Waals surface area contributed by atoms with Gasteiger partial charge in [0.1, 0.15) is 0 Å². The number of rotatable bonds is 4. The molecule has 156 valence electrons. The van der Waals surface area contributed by atoms with E-state index in [9.17, 15) is 9.59 Å². The van der Waals surface area contributed by atoms with Gasteiger partial charge in [-0.15, -0.1) is 0 Å². The second-order valence-corrected chi connectivity index (χ2v) is 9.59. The SMILES string of the molecule is C[C@H]1[C@H](n2c(SCC(=O)N3CCCCC3)nc3ccccc3c2=O)CCC[C@@H]1C. The van der Waals surface area contributed by atoms with Crippen LogP contribution in [-0.2, 0) is 4.79 Å². The number of piperidine rings is 1. The van der Waals surface area contributed by atoms with Crippen LogP contribution in [0.5, 0.6) is 0 Å². The van der Waals surface area contributed by atoms with Gasteiger partial charge in [-0.3, -0.25) is 14.2 Å². The Labute approximate surface area is 176 Å². The van der Waals surface area contributed by atoms with E-state index in [-0.39, 0.29) is 17.5 Å². The minimum absolute atomic E-state index is 0.0365. The van der Waals surface area contributed by atoms with Crippen molar-refractivity contribution in [2.24, 2.45) is 11.8 Å². The lowest BCUT2D eigenvalue weighted by Gasteiger charge is -2.36. The van der Waals surface area contributed by atoms with Gasteiger partial charge in [0.05, 0.1) is 16.7 Å². The smallest absolute Gasteiger partial charge is 0.262 e. The normalized spacial score (nSPS) is 25.3. The van der Waals surface area contributed by atoms with Gasteiger partial charge >= 0.3 is 0 Å². The highest BCUT2D eigenvalue weighted by Crippen LogP contribution is 2.38. The van der Waals surface area contributed by atoms with E-state index in [0.29, 0.717) is 28.1 Å². The van der Waals surface area contributed by atoms with Gasteiger partial charge in [0.15, 0.2) is 5.16 Å². The third-order valence-corrected chi connectivity index (χ3v) is 7.74. The molecule has 0 N–H and O–H groups in total. The summed E-state index contributed by atoms with van der Waals surface area (Å²) in [5.41, 5.74) is 0.757. The molecule has 1 aliphatic carbocycles. The largest absolute Gasteiger partial charge is 0.342 e. The summed E-state index contributed by atoms with van der Waals surface area (Å²) in [5.74, 6) is 1.51. The molecule has 1 saturated heterocycles. The first kappa shape index (κ1) is 20.5. The van der Waals surface area contributed by atoms with Crippen LogP contribution >= 0.6 is 11.8 Å². The summed E-state index contributed by atoms with van der Waals surface area (Å²) in [5, 5.41) is 1.37. The molecule has 29 heavy (non-hydrogen) atoms. The third-order valence-electron chi connectivity index (χ3n) is 6.80. The minimum atomic E-state index is 0.0365. The lowest BCUT2D eigenvalue weighted by Crippen LogP contribution is -2.37. The fourth-order valence-electron chi connectivity index (χ4n) is 4.80. The summed E-state index contributed by atoms with van der Waals surface area (Å²) in [4.78, 5) is 33.0. The van der Waals surface area contributed by atoms with Crippen molar-refractivity contribution >= 4 is 28.6 Å². The highest BCUT2D eigenvalue weighted by Gasteiger charge is 2.31. The van der Waals surface area contributed by atoms with Crippen LogP contribution in [0.25, 0.3) is 10.9 Å². The number of aromatic nitrogens is 2. The zero-order chi connectivity index (χ0) is 20.4. The van der Waals surface area contributed by atoms with E-state index in [1.54, 1.807) is 0 Å². The number of para-hydroxylation sites is 1. The van der Waals surface area contributed by atoms with Crippen molar-refractivity contribution in [1.29, 1.82) is 0 Å². The average molecular weight is 414 g/mol. The minimum Gasteiger partial charge on any atom is -0.342 e. The third kappa shape index (κ3) is 4.23. The Morgan fingerprint density at radius 2 is 1.86 bits per heavy atom. The maximum atomic E-state index is 13.5. The summed E-state index contributed by atoms with van der Waals surface area (Å²) < 4.78 is 1.91. The van der Waals surface area contributed by atoms with E-state index >= 15 is 0 Å². The molecule has 3 atom stereocenters. The van der Waals surface area contributed by atoms with Crippen LogP contribution in [0.1, 0.15) is 58.4 Å². The molecule has 1 aromatic heterocycles. The van der Waals surface area contributed by atoms with Crippen molar-refractivity contribution in [3.05, 3.63) is 34.6 Å². The summed E-state index contributed by atoms with van der Waals surface area (Å²) in [6.45, 7) is 6.25. The Kier molecular flexibility index (Phi) is 6.28.